The number of carbonyl (C=O) groups is 1. The number of unbranched alkanes of at least 4 members (excludes halogenated alkanes) is 9. The summed E-state index contributed by atoms with van der Waals surface area (Å²) in [5, 5.41) is 10.5. The normalized spacial score (nSPS) is 10.7. The molecule has 1 N–H and O–H groups in total. The monoisotopic (exact) mass is 335 g/mol. The van der Waals surface area contributed by atoms with Gasteiger partial charge in [-0.25, -0.2) is 5.06 Å². The Kier molecular flexibility index (Phi) is 11.8. The predicted molar refractivity (Wildman–Crippen MR) is 99.2 cm³/mol. The molecule has 4 heteroatoms. The molecule has 0 spiro atoms. The average molecular weight is 335 g/mol. The van der Waals surface area contributed by atoms with Crippen LogP contribution >= 0.6 is 0 Å². The lowest BCUT2D eigenvalue weighted by Gasteiger charge is -2.22. The summed E-state index contributed by atoms with van der Waals surface area (Å²) in [5.74, 6) is -0.887. The summed E-state index contributed by atoms with van der Waals surface area (Å²) in [6, 6.07) is 9.40. The molecule has 0 heterocycles. The molecule has 0 aliphatic heterocycles. The first-order valence-electron chi connectivity index (χ1n) is 9.41. The molecule has 0 radical (unpaired) electrons. The van der Waals surface area contributed by atoms with E-state index in [0.29, 0.717) is 6.61 Å². The van der Waals surface area contributed by atoms with Crippen molar-refractivity contribution in [1.29, 1.82) is 0 Å². The minimum absolute atomic E-state index is 0.137. The molecule has 0 saturated carbocycles. The second-order valence-electron chi connectivity index (χ2n) is 6.28. The minimum atomic E-state index is -0.887. The Bertz CT molecular complexity index is 422. The first kappa shape index (κ1) is 20.5. The maximum Gasteiger partial charge on any atom is 0.325 e. The fourth-order valence-corrected chi connectivity index (χ4v) is 2.69. The third-order valence-corrected chi connectivity index (χ3v) is 4.07. The van der Waals surface area contributed by atoms with Gasteiger partial charge in [0.05, 0.1) is 12.3 Å². The van der Waals surface area contributed by atoms with Gasteiger partial charge >= 0.3 is 5.97 Å². The number of carboxylic acids is 1. The van der Waals surface area contributed by atoms with Gasteiger partial charge in [-0.15, -0.1) is 0 Å². The summed E-state index contributed by atoms with van der Waals surface area (Å²) in [5.41, 5.74) is 0.784. The molecule has 0 saturated heterocycles. The summed E-state index contributed by atoms with van der Waals surface area (Å²) >= 11 is 0. The molecule has 0 atom stereocenters. The van der Waals surface area contributed by atoms with Crippen LogP contribution in [-0.2, 0) is 9.63 Å². The summed E-state index contributed by atoms with van der Waals surface area (Å²) in [6.07, 6.45) is 12.8. The molecule has 0 amide bonds. The molecule has 136 valence electrons. The number of hydroxylamine groups is 1. The van der Waals surface area contributed by atoms with Gasteiger partial charge in [0, 0.05) is 0 Å². The first-order valence-corrected chi connectivity index (χ1v) is 9.41. The van der Waals surface area contributed by atoms with E-state index in [0.717, 1.165) is 18.5 Å². The maximum absolute atomic E-state index is 11.0. The molecule has 0 aliphatic carbocycles. The number of rotatable bonds is 15. The van der Waals surface area contributed by atoms with Gasteiger partial charge in [-0.05, 0) is 18.6 Å². The number of benzene rings is 1. The second-order valence-corrected chi connectivity index (χ2v) is 6.28. The van der Waals surface area contributed by atoms with E-state index in [9.17, 15) is 4.79 Å². The highest BCUT2D eigenvalue weighted by molar-refractivity contribution is 5.72. The van der Waals surface area contributed by atoms with E-state index in [1.54, 1.807) is 0 Å². The Labute approximate surface area is 146 Å². The number of carboxylic acid groups (broad SMARTS) is 1. The van der Waals surface area contributed by atoms with Crippen molar-refractivity contribution >= 4 is 11.7 Å². The first-order chi connectivity index (χ1) is 11.7. The van der Waals surface area contributed by atoms with Crippen molar-refractivity contribution < 1.29 is 14.7 Å². The van der Waals surface area contributed by atoms with E-state index >= 15 is 0 Å². The van der Waals surface area contributed by atoms with Crippen molar-refractivity contribution in [3.8, 4) is 0 Å². The maximum atomic E-state index is 11.0. The van der Waals surface area contributed by atoms with Gasteiger partial charge < -0.3 is 5.11 Å². The van der Waals surface area contributed by atoms with Crippen LogP contribution in [0.15, 0.2) is 30.3 Å². The minimum Gasteiger partial charge on any atom is -0.480 e. The Morgan fingerprint density at radius 2 is 1.46 bits per heavy atom. The SMILES string of the molecule is CCCCCCCCCCCCON(CC(=O)O)c1ccccc1. The molecule has 1 rings (SSSR count). The van der Waals surface area contributed by atoms with Gasteiger partial charge in [-0.1, -0.05) is 82.9 Å². The number of hydrogen-bond acceptors (Lipinski definition) is 3. The van der Waals surface area contributed by atoms with Crippen LogP contribution in [0.25, 0.3) is 0 Å². The molecule has 4 nitrogen and oxygen atoms in total. The third-order valence-electron chi connectivity index (χ3n) is 4.07. The highest BCUT2D eigenvalue weighted by Gasteiger charge is 2.10. The molecular formula is C20H33NO3. The van der Waals surface area contributed by atoms with E-state index in [4.69, 9.17) is 9.94 Å². The van der Waals surface area contributed by atoms with Gasteiger partial charge in [0.15, 0.2) is 0 Å². The van der Waals surface area contributed by atoms with E-state index in [1.807, 2.05) is 30.3 Å². The Morgan fingerprint density at radius 1 is 0.917 bits per heavy atom. The number of para-hydroxylation sites is 1. The molecule has 0 aliphatic rings. The largest absolute Gasteiger partial charge is 0.480 e. The van der Waals surface area contributed by atoms with Crippen molar-refractivity contribution in [3.05, 3.63) is 30.3 Å². The Morgan fingerprint density at radius 3 is 2.00 bits per heavy atom. The van der Waals surface area contributed by atoms with E-state index in [2.05, 4.69) is 6.92 Å². The lowest BCUT2D eigenvalue weighted by molar-refractivity contribution is -0.136. The molecule has 0 aromatic heterocycles. The van der Waals surface area contributed by atoms with Gasteiger partial charge in [-0.2, -0.15) is 0 Å². The van der Waals surface area contributed by atoms with Crippen LogP contribution in [0.3, 0.4) is 0 Å². The third kappa shape index (κ3) is 10.3. The van der Waals surface area contributed by atoms with Crippen molar-refractivity contribution in [2.75, 3.05) is 18.2 Å². The zero-order valence-electron chi connectivity index (χ0n) is 15.1. The standard InChI is InChI=1S/C20H33NO3/c1-2-3-4-5-6-7-8-9-10-14-17-24-21(18-20(22)23)19-15-12-11-13-16-19/h11-13,15-16H,2-10,14,17-18H2,1H3,(H,22,23). The van der Waals surface area contributed by atoms with Gasteiger partial charge in [0.1, 0.15) is 6.54 Å². The summed E-state index contributed by atoms with van der Waals surface area (Å²) in [7, 11) is 0. The van der Waals surface area contributed by atoms with Crippen LogP contribution in [0.5, 0.6) is 0 Å². The van der Waals surface area contributed by atoms with E-state index in [-0.39, 0.29) is 6.54 Å². The van der Waals surface area contributed by atoms with Crippen LogP contribution in [0.1, 0.15) is 71.1 Å². The predicted octanol–water partition coefficient (Wildman–Crippen LogP) is 5.43. The van der Waals surface area contributed by atoms with E-state index in [1.165, 1.54) is 56.4 Å². The van der Waals surface area contributed by atoms with Crippen LogP contribution in [0, 0.1) is 0 Å². The summed E-state index contributed by atoms with van der Waals surface area (Å²) in [4.78, 5) is 16.6. The molecular weight excluding hydrogens is 302 g/mol. The average Bonchev–Trinajstić information content (AvgIpc) is 2.59. The van der Waals surface area contributed by atoms with E-state index < -0.39 is 5.97 Å². The lowest BCUT2D eigenvalue weighted by Crippen LogP contribution is -2.30. The fraction of sp³-hybridized carbons (Fsp3) is 0.650. The van der Waals surface area contributed by atoms with Crippen LogP contribution < -0.4 is 5.06 Å². The molecule has 1 aromatic carbocycles. The highest BCUT2D eigenvalue weighted by atomic mass is 16.7. The van der Waals surface area contributed by atoms with Gasteiger partial charge in [-0.3, -0.25) is 9.63 Å². The molecule has 0 unspecified atom stereocenters. The zero-order chi connectivity index (χ0) is 17.5. The lowest BCUT2D eigenvalue weighted by atomic mass is 10.1. The number of hydrogen-bond donors (Lipinski definition) is 1. The van der Waals surface area contributed by atoms with Crippen LogP contribution in [0.4, 0.5) is 5.69 Å². The summed E-state index contributed by atoms with van der Waals surface area (Å²) in [6.45, 7) is 2.68. The topological polar surface area (TPSA) is 49.8 Å². The molecule has 24 heavy (non-hydrogen) atoms. The zero-order valence-corrected chi connectivity index (χ0v) is 15.1. The molecule has 0 fully saturated rings. The smallest absolute Gasteiger partial charge is 0.325 e. The van der Waals surface area contributed by atoms with Gasteiger partial charge in [0.25, 0.3) is 0 Å². The number of anilines is 1. The van der Waals surface area contributed by atoms with Gasteiger partial charge in [0.2, 0.25) is 0 Å². The van der Waals surface area contributed by atoms with Crippen molar-refractivity contribution in [2.45, 2.75) is 71.1 Å². The quantitative estimate of drug-likeness (QED) is 0.343. The fourth-order valence-electron chi connectivity index (χ4n) is 2.69. The van der Waals surface area contributed by atoms with Crippen LogP contribution in [-0.4, -0.2) is 24.2 Å². The number of nitrogens with zero attached hydrogens (tertiary/aromatic N) is 1. The number of aliphatic carboxylic acids is 1. The summed E-state index contributed by atoms with van der Waals surface area (Å²) < 4.78 is 0. The molecule has 0 bridgehead atoms. The van der Waals surface area contributed by atoms with Crippen molar-refractivity contribution in [1.82, 2.24) is 0 Å². The second kappa shape index (κ2) is 13.8. The van der Waals surface area contributed by atoms with Crippen molar-refractivity contribution in [3.63, 3.8) is 0 Å². The Balaban J connectivity index is 2.08. The Hall–Kier alpha value is -1.55. The van der Waals surface area contributed by atoms with Crippen LogP contribution in [0.2, 0.25) is 0 Å². The van der Waals surface area contributed by atoms with Crippen molar-refractivity contribution in [2.24, 2.45) is 0 Å². The molecule has 1 aromatic rings. The highest BCUT2D eigenvalue weighted by Crippen LogP contribution is 2.14.